The highest BCUT2D eigenvalue weighted by Crippen LogP contribution is 2.24. The van der Waals surface area contributed by atoms with Crippen LogP contribution in [0.2, 0.25) is 0 Å². The molecule has 5 heteroatoms. The van der Waals surface area contributed by atoms with Gasteiger partial charge in [-0.15, -0.1) is 0 Å². The van der Waals surface area contributed by atoms with Gasteiger partial charge in [-0.25, -0.2) is 0 Å². The number of aliphatic hydroxyl groups excluding tert-OH is 1. The summed E-state index contributed by atoms with van der Waals surface area (Å²) < 4.78 is 5.99. The normalized spacial score (nSPS) is 22.2. The maximum Gasteiger partial charge on any atom is 0.108 e. The van der Waals surface area contributed by atoms with Gasteiger partial charge in [0.15, 0.2) is 0 Å². The van der Waals surface area contributed by atoms with Gasteiger partial charge < -0.3 is 9.84 Å². The Morgan fingerprint density at radius 1 is 1.26 bits per heavy atom. The van der Waals surface area contributed by atoms with Crippen LogP contribution in [0.5, 0.6) is 0 Å². The first-order chi connectivity index (χ1) is 11.2. The number of rotatable bonds is 5. The van der Waals surface area contributed by atoms with E-state index in [0.717, 1.165) is 18.8 Å². The SMILES string of the molecule is Cc1ccc(C[C@@]2(CO)CN(Cc3cnccn3)CCO2)cc1. The molecule has 1 saturated heterocycles. The molecule has 1 atom stereocenters. The summed E-state index contributed by atoms with van der Waals surface area (Å²) in [6, 6.07) is 8.41. The summed E-state index contributed by atoms with van der Waals surface area (Å²) in [4.78, 5) is 10.7. The number of benzene rings is 1. The molecule has 122 valence electrons. The molecule has 1 fully saturated rings. The van der Waals surface area contributed by atoms with Crippen molar-refractivity contribution < 1.29 is 9.84 Å². The summed E-state index contributed by atoms with van der Waals surface area (Å²) in [5, 5.41) is 9.96. The fourth-order valence-electron chi connectivity index (χ4n) is 3.04. The van der Waals surface area contributed by atoms with Gasteiger partial charge in [0.25, 0.3) is 0 Å². The Morgan fingerprint density at radius 3 is 2.78 bits per heavy atom. The second-order valence-corrected chi connectivity index (χ2v) is 6.26. The Hall–Kier alpha value is -1.82. The summed E-state index contributed by atoms with van der Waals surface area (Å²) >= 11 is 0. The van der Waals surface area contributed by atoms with E-state index in [0.29, 0.717) is 19.6 Å². The van der Waals surface area contributed by atoms with Gasteiger partial charge >= 0.3 is 0 Å². The van der Waals surface area contributed by atoms with Crippen LogP contribution in [-0.4, -0.2) is 51.9 Å². The molecular weight excluding hydrogens is 290 g/mol. The van der Waals surface area contributed by atoms with Gasteiger partial charge in [-0.1, -0.05) is 29.8 Å². The first-order valence-corrected chi connectivity index (χ1v) is 7.97. The van der Waals surface area contributed by atoms with E-state index in [4.69, 9.17) is 4.74 Å². The number of ether oxygens (including phenoxy) is 1. The zero-order valence-corrected chi connectivity index (χ0v) is 13.5. The summed E-state index contributed by atoms with van der Waals surface area (Å²) in [7, 11) is 0. The molecule has 1 aromatic heterocycles. The van der Waals surface area contributed by atoms with Crippen LogP contribution in [0.15, 0.2) is 42.9 Å². The van der Waals surface area contributed by atoms with Crippen LogP contribution in [0.4, 0.5) is 0 Å². The molecule has 0 saturated carbocycles. The van der Waals surface area contributed by atoms with Crippen molar-refractivity contribution in [3.63, 3.8) is 0 Å². The van der Waals surface area contributed by atoms with E-state index in [1.165, 1.54) is 11.1 Å². The topological polar surface area (TPSA) is 58.5 Å². The summed E-state index contributed by atoms with van der Waals surface area (Å²) in [6.45, 7) is 4.96. The lowest BCUT2D eigenvalue weighted by Gasteiger charge is -2.41. The molecule has 0 unspecified atom stereocenters. The third-order valence-corrected chi connectivity index (χ3v) is 4.26. The Labute approximate surface area is 137 Å². The minimum absolute atomic E-state index is 0.0118. The highest BCUT2D eigenvalue weighted by atomic mass is 16.5. The van der Waals surface area contributed by atoms with Gasteiger partial charge in [0.2, 0.25) is 0 Å². The van der Waals surface area contributed by atoms with Crippen molar-refractivity contribution in [1.82, 2.24) is 14.9 Å². The van der Waals surface area contributed by atoms with Crippen molar-refractivity contribution in [2.75, 3.05) is 26.3 Å². The Bertz CT molecular complexity index is 618. The quantitative estimate of drug-likeness (QED) is 0.908. The molecule has 1 aliphatic heterocycles. The number of morpholine rings is 1. The molecule has 2 aromatic rings. The minimum atomic E-state index is -0.546. The number of aliphatic hydroxyl groups is 1. The van der Waals surface area contributed by atoms with Crippen LogP contribution in [-0.2, 0) is 17.7 Å². The van der Waals surface area contributed by atoms with Crippen molar-refractivity contribution >= 4 is 0 Å². The zero-order chi connectivity index (χ0) is 16.1. The number of aryl methyl sites for hydroxylation is 1. The van der Waals surface area contributed by atoms with Crippen LogP contribution < -0.4 is 0 Å². The second kappa shape index (κ2) is 7.17. The van der Waals surface area contributed by atoms with Gasteiger partial charge in [0, 0.05) is 44.6 Å². The van der Waals surface area contributed by atoms with E-state index in [1.54, 1.807) is 18.6 Å². The van der Waals surface area contributed by atoms with Crippen LogP contribution in [0.25, 0.3) is 0 Å². The fourth-order valence-corrected chi connectivity index (χ4v) is 3.04. The maximum atomic E-state index is 9.96. The predicted octanol–water partition coefficient (Wildman–Crippen LogP) is 1.59. The monoisotopic (exact) mass is 313 g/mol. The van der Waals surface area contributed by atoms with Gasteiger partial charge in [-0.05, 0) is 12.5 Å². The Kier molecular flexibility index (Phi) is 5.00. The van der Waals surface area contributed by atoms with Crippen LogP contribution >= 0.6 is 0 Å². The molecule has 0 spiro atoms. The highest BCUT2D eigenvalue weighted by Gasteiger charge is 2.36. The molecule has 5 nitrogen and oxygen atoms in total. The second-order valence-electron chi connectivity index (χ2n) is 6.26. The fraction of sp³-hybridized carbons (Fsp3) is 0.444. The third kappa shape index (κ3) is 4.13. The molecule has 0 amide bonds. The van der Waals surface area contributed by atoms with Gasteiger partial charge in [0.1, 0.15) is 5.60 Å². The average molecular weight is 313 g/mol. The van der Waals surface area contributed by atoms with Crippen LogP contribution in [0.3, 0.4) is 0 Å². The van der Waals surface area contributed by atoms with Crippen molar-refractivity contribution in [3.05, 3.63) is 59.7 Å². The van der Waals surface area contributed by atoms with Crippen molar-refractivity contribution in [2.45, 2.75) is 25.5 Å². The zero-order valence-electron chi connectivity index (χ0n) is 13.5. The molecule has 3 rings (SSSR count). The molecule has 23 heavy (non-hydrogen) atoms. The predicted molar refractivity (Wildman–Crippen MR) is 88.0 cm³/mol. The lowest BCUT2D eigenvalue weighted by molar-refractivity contribution is -0.134. The van der Waals surface area contributed by atoms with Gasteiger partial charge in [0.05, 0.1) is 18.9 Å². The standard InChI is InChI=1S/C18H23N3O2/c1-15-2-4-16(5-3-15)10-18(14-22)13-21(8-9-23-18)12-17-11-19-6-7-20-17/h2-7,11,22H,8-10,12-14H2,1H3/t18-/m0/s1. The number of hydrogen-bond acceptors (Lipinski definition) is 5. The van der Waals surface area contributed by atoms with Crippen molar-refractivity contribution in [1.29, 1.82) is 0 Å². The Morgan fingerprint density at radius 2 is 2.09 bits per heavy atom. The summed E-state index contributed by atoms with van der Waals surface area (Å²) in [5.41, 5.74) is 2.82. The smallest absolute Gasteiger partial charge is 0.108 e. The molecule has 0 radical (unpaired) electrons. The van der Waals surface area contributed by atoms with Crippen molar-refractivity contribution in [2.24, 2.45) is 0 Å². The Balaban J connectivity index is 1.69. The maximum absolute atomic E-state index is 9.96. The highest BCUT2D eigenvalue weighted by molar-refractivity contribution is 5.23. The van der Waals surface area contributed by atoms with E-state index in [1.807, 2.05) is 0 Å². The van der Waals surface area contributed by atoms with Crippen molar-refractivity contribution in [3.8, 4) is 0 Å². The largest absolute Gasteiger partial charge is 0.393 e. The number of nitrogens with zero attached hydrogens (tertiary/aromatic N) is 3. The first-order valence-electron chi connectivity index (χ1n) is 7.97. The van der Waals surface area contributed by atoms with E-state index < -0.39 is 5.60 Å². The molecule has 2 heterocycles. The van der Waals surface area contributed by atoms with E-state index in [9.17, 15) is 5.11 Å². The average Bonchev–Trinajstić information content (AvgIpc) is 2.58. The van der Waals surface area contributed by atoms with E-state index in [-0.39, 0.29) is 6.61 Å². The van der Waals surface area contributed by atoms with E-state index >= 15 is 0 Å². The molecule has 1 N–H and O–H groups in total. The summed E-state index contributed by atoms with van der Waals surface area (Å²) in [5.74, 6) is 0. The van der Waals surface area contributed by atoms with Crippen LogP contribution in [0, 0.1) is 6.92 Å². The first kappa shape index (κ1) is 16.1. The summed E-state index contributed by atoms with van der Waals surface area (Å²) in [6.07, 6.45) is 5.89. The lowest BCUT2D eigenvalue weighted by Crippen LogP contribution is -2.55. The molecule has 1 aromatic carbocycles. The van der Waals surface area contributed by atoms with Crippen LogP contribution in [0.1, 0.15) is 16.8 Å². The molecule has 0 bridgehead atoms. The third-order valence-electron chi connectivity index (χ3n) is 4.26. The van der Waals surface area contributed by atoms with Gasteiger partial charge in [-0.2, -0.15) is 0 Å². The number of hydrogen-bond donors (Lipinski definition) is 1. The number of aromatic nitrogens is 2. The molecule has 1 aliphatic rings. The minimum Gasteiger partial charge on any atom is -0.393 e. The molecular formula is C18H23N3O2. The lowest BCUT2D eigenvalue weighted by atomic mass is 9.92. The van der Waals surface area contributed by atoms with Gasteiger partial charge in [-0.3, -0.25) is 14.9 Å². The molecule has 0 aliphatic carbocycles. The van der Waals surface area contributed by atoms with E-state index in [2.05, 4.69) is 46.1 Å².